The summed E-state index contributed by atoms with van der Waals surface area (Å²) in [6.07, 6.45) is 5.37. The lowest BCUT2D eigenvalue weighted by Crippen LogP contribution is -2.42. The monoisotopic (exact) mass is 349 g/mol. The van der Waals surface area contributed by atoms with Crippen LogP contribution in [-0.2, 0) is 9.59 Å². The van der Waals surface area contributed by atoms with Gasteiger partial charge in [-0.25, -0.2) is 5.43 Å². The third kappa shape index (κ3) is 4.85. The fourth-order valence-corrected chi connectivity index (χ4v) is 2.71. The zero-order valence-electron chi connectivity index (χ0n) is 14.6. The number of nitrogens with zero attached hydrogens (tertiary/aromatic N) is 1. The summed E-state index contributed by atoms with van der Waals surface area (Å²) in [5.74, 6) is -0.0751. The highest BCUT2D eigenvalue weighted by Gasteiger charge is 2.21. The Balaban J connectivity index is 1.98. The molecular formula is C17H23N3O5. The van der Waals surface area contributed by atoms with Crippen LogP contribution in [0.15, 0.2) is 17.2 Å². The van der Waals surface area contributed by atoms with E-state index < -0.39 is 11.8 Å². The Hall–Kier alpha value is -2.77. The molecule has 0 aliphatic heterocycles. The van der Waals surface area contributed by atoms with Gasteiger partial charge in [0.15, 0.2) is 11.5 Å². The van der Waals surface area contributed by atoms with E-state index in [9.17, 15) is 9.59 Å². The molecule has 2 rings (SSSR count). The number of carbonyl (C=O) groups is 2. The number of benzene rings is 1. The van der Waals surface area contributed by atoms with E-state index in [-0.39, 0.29) is 6.04 Å². The van der Waals surface area contributed by atoms with Gasteiger partial charge in [-0.1, -0.05) is 12.8 Å². The van der Waals surface area contributed by atoms with Crippen LogP contribution < -0.4 is 25.0 Å². The third-order valence-corrected chi connectivity index (χ3v) is 3.96. The normalized spacial score (nSPS) is 14.4. The van der Waals surface area contributed by atoms with Gasteiger partial charge in [-0.15, -0.1) is 0 Å². The number of hydrogen-bond donors (Lipinski definition) is 2. The Morgan fingerprint density at radius 1 is 1.04 bits per heavy atom. The standard InChI is InChI=1S/C17H23N3O5/c1-23-13-8-11(9-14(24-2)15(13)25-3)10-18-20-17(22)16(21)19-12-6-4-5-7-12/h8-10,12H,4-7H2,1-3H3,(H,19,21)(H,20,22)/b18-10-. The second-order valence-corrected chi connectivity index (χ2v) is 5.61. The topological polar surface area (TPSA) is 98.2 Å². The number of hydrazone groups is 1. The van der Waals surface area contributed by atoms with Crippen LogP contribution in [0.5, 0.6) is 17.2 Å². The van der Waals surface area contributed by atoms with Crippen LogP contribution in [0.25, 0.3) is 0 Å². The molecule has 2 N–H and O–H groups in total. The molecule has 0 aromatic heterocycles. The first-order valence-electron chi connectivity index (χ1n) is 8.03. The molecule has 1 saturated carbocycles. The molecule has 0 saturated heterocycles. The van der Waals surface area contributed by atoms with Crippen LogP contribution in [0.3, 0.4) is 0 Å². The summed E-state index contributed by atoms with van der Waals surface area (Å²) < 4.78 is 15.7. The van der Waals surface area contributed by atoms with Crippen molar-refractivity contribution in [2.24, 2.45) is 5.10 Å². The van der Waals surface area contributed by atoms with Crippen LogP contribution in [0.1, 0.15) is 31.2 Å². The number of methoxy groups -OCH3 is 3. The first kappa shape index (κ1) is 18.6. The number of ether oxygens (including phenoxy) is 3. The summed E-state index contributed by atoms with van der Waals surface area (Å²) in [5.41, 5.74) is 2.83. The van der Waals surface area contributed by atoms with E-state index in [1.807, 2.05) is 0 Å². The molecule has 0 unspecified atom stereocenters. The van der Waals surface area contributed by atoms with Crippen molar-refractivity contribution < 1.29 is 23.8 Å². The quantitative estimate of drug-likeness (QED) is 0.457. The summed E-state index contributed by atoms with van der Waals surface area (Å²) in [6, 6.07) is 3.43. The van der Waals surface area contributed by atoms with Gasteiger partial charge in [0.05, 0.1) is 27.5 Å². The zero-order chi connectivity index (χ0) is 18.2. The first-order chi connectivity index (χ1) is 12.1. The van der Waals surface area contributed by atoms with Crippen molar-refractivity contribution in [1.82, 2.24) is 10.7 Å². The Morgan fingerprint density at radius 2 is 1.64 bits per heavy atom. The van der Waals surface area contributed by atoms with Crippen molar-refractivity contribution in [1.29, 1.82) is 0 Å². The largest absolute Gasteiger partial charge is 0.493 e. The van der Waals surface area contributed by atoms with Crippen molar-refractivity contribution in [3.63, 3.8) is 0 Å². The first-order valence-corrected chi connectivity index (χ1v) is 8.03. The van der Waals surface area contributed by atoms with E-state index in [1.165, 1.54) is 27.5 Å². The minimum absolute atomic E-state index is 0.0809. The molecular weight excluding hydrogens is 326 g/mol. The third-order valence-electron chi connectivity index (χ3n) is 3.96. The Labute approximate surface area is 146 Å². The molecule has 1 aromatic rings. The fraction of sp³-hybridized carbons (Fsp3) is 0.471. The molecule has 1 aliphatic rings. The maximum Gasteiger partial charge on any atom is 0.329 e. The smallest absolute Gasteiger partial charge is 0.329 e. The SMILES string of the molecule is COc1cc(/C=N\NC(=O)C(=O)NC2CCCC2)cc(OC)c1OC. The lowest BCUT2D eigenvalue weighted by Gasteiger charge is -2.12. The van der Waals surface area contributed by atoms with Gasteiger partial charge in [-0.05, 0) is 25.0 Å². The highest BCUT2D eigenvalue weighted by atomic mass is 16.5. The second-order valence-electron chi connectivity index (χ2n) is 5.61. The van der Waals surface area contributed by atoms with Crippen molar-refractivity contribution in [3.8, 4) is 17.2 Å². The molecule has 0 heterocycles. The molecule has 1 fully saturated rings. The maximum absolute atomic E-state index is 11.8. The molecule has 25 heavy (non-hydrogen) atoms. The summed E-state index contributed by atoms with van der Waals surface area (Å²) in [6.45, 7) is 0. The van der Waals surface area contributed by atoms with Gasteiger partial charge < -0.3 is 19.5 Å². The Bertz CT molecular complexity index is 629. The maximum atomic E-state index is 11.8. The van der Waals surface area contributed by atoms with Crippen molar-refractivity contribution in [3.05, 3.63) is 17.7 Å². The molecule has 8 heteroatoms. The molecule has 136 valence electrons. The average Bonchev–Trinajstić information content (AvgIpc) is 3.13. The molecule has 1 aliphatic carbocycles. The van der Waals surface area contributed by atoms with Crippen molar-refractivity contribution >= 4 is 18.0 Å². The summed E-state index contributed by atoms with van der Waals surface area (Å²) in [7, 11) is 4.53. The van der Waals surface area contributed by atoms with E-state index in [2.05, 4.69) is 15.8 Å². The second kappa shape index (κ2) is 8.91. The molecule has 1 aromatic carbocycles. The minimum Gasteiger partial charge on any atom is -0.493 e. The van der Waals surface area contributed by atoms with Crippen LogP contribution in [-0.4, -0.2) is 45.4 Å². The van der Waals surface area contributed by atoms with Gasteiger partial charge in [0.25, 0.3) is 0 Å². The van der Waals surface area contributed by atoms with E-state index in [4.69, 9.17) is 14.2 Å². The van der Waals surface area contributed by atoms with E-state index >= 15 is 0 Å². The molecule has 8 nitrogen and oxygen atoms in total. The summed E-state index contributed by atoms with van der Waals surface area (Å²) in [5, 5.41) is 6.50. The van der Waals surface area contributed by atoms with Crippen LogP contribution >= 0.6 is 0 Å². The van der Waals surface area contributed by atoms with Crippen LogP contribution in [0.2, 0.25) is 0 Å². The molecule has 0 atom stereocenters. The predicted octanol–water partition coefficient (Wildman–Crippen LogP) is 1.22. The summed E-state index contributed by atoms with van der Waals surface area (Å²) >= 11 is 0. The van der Waals surface area contributed by atoms with E-state index in [0.717, 1.165) is 25.7 Å². The Kier molecular flexibility index (Phi) is 6.62. The molecule has 0 radical (unpaired) electrons. The van der Waals surface area contributed by atoms with Gasteiger partial charge in [0, 0.05) is 11.6 Å². The number of rotatable bonds is 6. The number of carbonyl (C=O) groups excluding carboxylic acids is 2. The predicted molar refractivity (Wildman–Crippen MR) is 92.2 cm³/mol. The van der Waals surface area contributed by atoms with Gasteiger partial charge in [0.2, 0.25) is 5.75 Å². The average molecular weight is 349 g/mol. The van der Waals surface area contributed by atoms with Crippen molar-refractivity contribution in [2.45, 2.75) is 31.7 Å². The van der Waals surface area contributed by atoms with E-state index in [1.54, 1.807) is 12.1 Å². The highest BCUT2D eigenvalue weighted by Crippen LogP contribution is 2.37. The van der Waals surface area contributed by atoms with E-state index in [0.29, 0.717) is 22.8 Å². The molecule has 0 bridgehead atoms. The lowest BCUT2D eigenvalue weighted by atomic mass is 10.2. The highest BCUT2D eigenvalue weighted by molar-refractivity contribution is 6.35. The van der Waals surface area contributed by atoms with Crippen molar-refractivity contribution in [2.75, 3.05) is 21.3 Å². The van der Waals surface area contributed by atoms with Gasteiger partial charge in [-0.3, -0.25) is 9.59 Å². The van der Waals surface area contributed by atoms with Crippen LogP contribution in [0.4, 0.5) is 0 Å². The molecule has 2 amide bonds. The van der Waals surface area contributed by atoms with Gasteiger partial charge in [0.1, 0.15) is 0 Å². The number of amides is 2. The van der Waals surface area contributed by atoms with Gasteiger partial charge in [-0.2, -0.15) is 5.10 Å². The number of hydrogen-bond acceptors (Lipinski definition) is 6. The lowest BCUT2D eigenvalue weighted by molar-refractivity contribution is -0.139. The number of nitrogens with one attached hydrogen (secondary N) is 2. The summed E-state index contributed by atoms with van der Waals surface area (Å²) in [4.78, 5) is 23.5. The fourth-order valence-electron chi connectivity index (χ4n) is 2.71. The zero-order valence-corrected chi connectivity index (χ0v) is 14.6. The van der Waals surface area contributed by atoms with Crippen LogP contribution in [0, 0.1) is 0 Å². The minimum atomic E-state index is -0.796. The van der Waals surface area contributed by atoms with Gasteiger partial charge >= 0.3 is 11.8 Å². The Morgan fingerprint density at radius 3 is 2.16 bits per heavy atom. The molecule has 0 spiro atoms.